The number of benzene rings is 3. The van der Waals surface area contributed by atoms with Crippen molar-refractivity contribution >= 4 is 39.9 Å². The molecule has 1 aromatic heterocycles. The Kier molecular flexibility index (Phi) is 7.81. The fraction of sp³-hybridized carbons (Fsp3) is 0.242. The number of hydrogen-bond donors (Lipinski definition) is 0. The van der Waals surface area contributed by atoms with E-state index in [-0.39, 0.29) is 24.3 Å². The van der Waals surface area contributed by atoms with Gasteiger partial charge in [-0.1, -0.05) is 62.4 Å². The Morgan fingerprint density at radius 3 is 2.55 bits per heavy atom. The molecule has 0 unspecified atom stereocenters. The summed E-state index contributed by atoms with van der Waals surface area (Å²) in [6.45, 7) is 9.18. The number of amides is 2. The van der Waals surface area contributed by atoms with Crippen LogP contribution in [0.4, 0.5) is 4.79 Å². The summed E-state index contributed by atoms with van der Waals surface area (Å²) >= 11 is 0.961. The molecule has 0 N–H and O–H groups in total. The van der Waals surface area contributed by atoms with Gasteiger partial charge in [0.15, 0.2) is 0 Å². The zero-order valence-electron chi connectivity index (χ0n) is 23.1. The van der Waals surface area contributed by atoms with Crippen LogP contribution in [-0.2, 0) is 11.3 Å². The third kappa shape index (κ3) is 5.28. The van der Waals surface area contributed by atoms with E-state index in [9.17, 15) is 14.9 Å². The molecule has 2 heterocycles. The number of carbonyl (C=O) groups is 2. The fourth-order valence-corrected chi connectivity index (χ4v) is 5.94. The molecule has 1 saturated heterocycles. The normalized spacial score (nSPS) is 14.5. The predicted octanol–water partition coefficient (Wildman–Crippen LogP) is 7.42. The molecule has 2 amide bonds. The van der Waals surface area contributed by atoms with Crippen molar-refractivity contribution in [1.82, 2.24) is 9.47 Å². The van der Waals surface area contributed by atoms with E-state index in [0.29, 0.717) is 22.9 Å². The molecule has 0 bridgehead atoms. The van der Waals surface area contributed by atoms with Gasteiger partial charge in [0.2, 0.25) is 0 Å². The first-order chi connectivity index (χ1) is 19.3. The minimum Gasteiger partial charge on any atom is -0.491 e. The Hall–Kier alpha value is -4.28. The van der Waals surface area contributed by atoms with Gasteiger partial charge in [-0.2, -0.15) is 5.26 Å². The number of imide groups is 1. The summed E-state index contributed by atoms with van der Waals surface area (Å²) in [5.41, 5.74) is 6.62. The molecule has 4 aromatic rings. The molecule has 0 aliphatic carbocycles. The highest BCUT2D eigenvalue weighted by Gasteiger charge is 2.35. The maximum atomic E-state index is 13.3. The van der Waals surface area contributed by atoms with Crippen LogP contribution in [0, 0.1) is 25.2 Å². The molecule has 3 aromatic carbocycles. The first-order valence-corrected chi connectivity index (χ1v) is 14.1. The molecule has 0 saturated carbocycles. The number of carbonyl (C=O) groups excluding carboxylic acids is 2. The van der Waals surface area contributed by atoms with E-state index in [1.54, 1.807) is 0 Å². The molecule has 7 heteroatoms. The van der Waals surface area contributed by atoms with Crippen LogP contribution in [0.5, 0.6) is 5.75 Å². The predicted molar refractivity (Wildman–Crippen MR) is 160 cm³/mol. The van der Waals surface area contributed by atoms with Crippen LogP contribution in [0.2, 0.25) is 0 Å². The van der Waals surface area contributed by atoms with Gasteiger partial charge in [-0.05, 0) is 72.5 Å². The van der Waals surface area contributed by atoms with Crippen LogP contribution in [0.15, 0.2) is 71.6 Å². The second kappa shape index (κ2) is 11.4. The van der Waals surface area contributed by atoms with Gasteiger partial charge in [-0.15, -0.1) is 0 Å². The van der Waals surface area contributed by atoms with Gasteiger partial charge in [0.1, 0.15) is 12.4 Å². The molecule has 6 nitrogen and oxygen atoms in total. The Bertz CT molecular complexity index is 1690. The van der Waals surface area contributed by atoms with Gasteiger partial charge >= 0.3 is 0 Å². The molecular formula is C33H31N3O3S. The van der Waals surface area contributed by atoms with Crippen molar-refractivity contribution in [3.05, 3.63) is 105 Å². The van der Waals surface area contributed by atoms with Crippen molar-refractivity contribution in [3.63, 3.8) is 0 Å². The number of rotatable bonds is 8. The Labute approximate surface area is 238 Å². The highest BCUT2D eigenvalue weighted by molar-refractivity contribution is 8.18. The summed E-state index contributed by atoms with van der Waals surface area (Å²) in [5, 5.41) is 10.3. The quantitative estimate of drug-likeness (QED) is 0.214. The minimum atomic E-state index is -0.307. The zero-order valence-corrected chi connectivity index (χ0v) is 23.9. The zero-order chi connectivity index (χ0) is 28.4. The van der Waals surface area contributed by atoms with Crippen molar-refractivity contribution in [2.45, 2.75) is 40.2 Å². The van der Waals surface area contributed by atoms with E-state index >= 15 is 0 Å². The summed E-state index contributed by atoms with van der Waals surface area (Å²) in [4.78, 5) is 27.9. The summed E-state index contributed by atoms with van der Waals surface area (Å²) in [6.07, 6.45) is 1.83. The molecule has 1 fully saturated rings. The second-order valence-electron chi connectivity index (χ2n) is 10.2. The van der Waals surface area contributed by atoms with Crippen LogP contribution >= 0.6 is 11.8 Å². The summed E-state index contributed by atoms with van der Waals surface area (Å²) in [7, 11) is 0. The Morgan fingerprint density at radius 2 is 1.77 bits per heavy atom. The maximum Gasteiger partial charge on any atom is 0.293 e. The topological polar surface area (TPSA) is 75.3 Å². The number of ether oxygens (including phenoxy) is 1. The third-order valence-corrected chi connectivity index (χ3v) is 8.17. The molecule has 202 valence electrons. The number of para-hydroxylation sites is 1. The lowest BCUT2D eigenvalue weighted by Gasteiger charge is -2.17. The van der Waals surface area contributed by atoms with Gasteiger partial charge < -0.3 is 9.30 Å². The second-order valence-corrected chi connectivity index (χ2v) is 11.2. The number of hydrogen-bond acceptors (Lipinski definition) is 5. The molecule has 0 radical (unpaired) electrons. The van der Waals surface area contributed by atoms with Crippen LogP contribution in [0.25, 0.3) is 17.0 Å². The fourth-order valence-electron chi connectivity index (χ4n) is 5.10. The highest BCUT2D eigenvalue weighted by Crippen LogP contribution is 2.36. The first-order valence-electron chi connectivity index (χ1n) is 13.3. The van der Waals surface area contributed by atoms with Gasteiger partial charge in [0, 0.05) is 28.7 Å². The number of thioether (sulfide) groups is 1. The smallest absolute Gasteiger partial charge is 0.293 e. The number of fused-ring (bicyclic) bond motifs is 1. The van der Waals surface area contributed by atoms with Crippen molar-refractivity contribution in [2.24, 2.45) is 0 Å². The van der Waals surface area contributed by atoms with E-state index in [4.69, 9.17) is 4.74 Å². The minimum absolute atomic E-state index is 0.180. The van der Waals surface area contributed by atoms with Crippen molar-refractivity contribution < 1.29 is 14.3 Å². The summed E-state index contributed by atoms with van der Waals surface area (Å²) in [5.74, 6) is 0.784. The van der Waals surface area contributed by atoms with E-state index in [1.165, 1.54) is 4.90 Å². The third-order valence-electron chi connectivity index (χ3n) is 7.26. The average molecular weight is 550 g/mol. The van der Waals surface area contributed by atoms with Crippen molar-refractivity contribution in [3.8, 4) is 11.8 Å². The number of nitriles is 1. The summed E-state index contributed by atoms with van der Waals surface area (Å²) in [6, 6.07) is 24.0. The largest absolute Gasteiger partial charge is 0.491 e. The van der Waals surface area contributed by atoms with Gasteiger partial charge in [-0.25, -0.2) is 0 Å². The summed E-state index contributed by atoms with van der Waals surface area (Å²) < 4.78 is 8.20. The van der Waals surface area contributed by atoms with Crippen LogP contribution in [0.1, 0.15) is 53.3 Å². The van der Waals surface area contributed by atoms with Gasteiger partial charge in [-0.3, -0.25) is 14.5 Å². The van der Waals surface area contributed by atoms with E-state index < -0.39 is 0 Å². The van der Waals surface area contributed by atoms with Gasteiger partial charge in [0.05, 0.1) is 23.1 Å². The van der Waals surface area contributed by atoms with Crippen molar-refractivity contribution in [1.29, 1.82) is 5.26 Å². The average Bonchev–Trinajstić information content (AvgIpc) is 3.36. The monoisotopic (exact) mass is 549 g/mol. The maximum absolute atomic E-state index is 13.3. The molecule has 1 aliphatic heterocycles. The van der Waals surface area contributed by atoms with E-state index in [0.717, 1.165) is 56.4 Å². The van der Waals surface area contributed by atoms with Crippen LogP contribution in [-0.4, -0.2) is 33.8 Å². The lowest BCUT2D eigenvalue weighted by molar-refractivity contribution is -0.123. The number of aryl methyl sites for hydroxylation is 1. The highest BCUT2D eigenvalue weighted by atomic mass is 32.2. The Balaban J connectivity index is 1.39. The van der Waals surface area contributed by atoms with Crippen LogP contribution in [0.3, 0.4) is 0 Å². The molecule has 5 rings (SSSR count). The first kappa shape index (κ1) is 27.3. The molecule has 1 aliphatic rings. The van der Waals surface area contributed by atoms with Crippen LogP contribution < -0.4 is 4.74 Å². The molecule has 0 atom stereocenters. The number of aromatic nitrogens is 1. The lowest BCUT2D eigenvalue weighted by Crippen LogP contribution is -2.32. The Morgan fingerprint density at radius 1 is 1.02 bits per heavy atom. The van der Waals surface area contributed by atoms with Crippen molar-refractivity contribution in [2.75, 3.05) is 13.2 Å². The van der Waals surface area contributed by atoms with E-state index in [2.05, 4.69) is 36.6 Å². The van der Waals surface area contributed by atoms with Gasteiger partial charge in [0.25, 0.3) is 11.1 Å². The lowest BCUT2D eigenvalue weighted by atomic mass is 10.0. The number of nitrogens with zero attached hydrogens (tertiary/aromatic N) is 3. The standard InChI is InChI=1S/C33H31N3O3S/c1-21(2)26-14-13-22(3)17-30(26)39-16-15-35-32(37)31(40-33(35)38)18-28-23(4)36(29-12-8-7-11-27(28)29)20-25-10-6-5-9-24(25)19-34/h5-14,17-18,21H,15-16,20H2,1-4H3/b31-18-. The SMILES string of the molecule is Cc1ccc(C(C)C)c(OCCN2C(=O)S/C(=C\c3c(C)n(Cc4ccccc4C#N)c4ccccc34)C2=O)c1. The van der Waals surface area contributed by atoms with E-state index in [1.807, 2.05) is 74.5 Å². The molecule has 40 heavy (non-hydrogen) atoms. The molecule has 0 spiro atoms. The molecular weight excluding hydrogens is 518 g/mol.